The van der Waals surface area contributed by atoms with Crippen LogP contribution >= 0.6 is 0 Å². The Kier molecular flexibility index (Phi) is 3.89. The molecule has 0 saturated heterocycles. The summed E-state index contributed by atoms with van der Waals surface area (Å²) in [6.45, 7) is 0. The Balaban J connectivity index is 1.71. The van der Waals surface area contributed by atoms with Gasteiger partial charge in [0.05, 0.1) is 22.0 Å². The molecular weight excluding hydrogens is 402 g/mol. The van der Waals surface area contributed by atoms with E-state index in [0.29, 0.717) is 11.6 Å². The molecule has 6 heteroatoms. The largest absolute Gasteiger partial charge is 0.445 e. The van der Waals surface area contributed by atoms with E-state index in [1.54, 1.807) is 0 Å². The summed E-state index contributed by atoms with van der Waals surface area (Å²) in [5.41, 5.74) is 2.39. The van der Waals surface area contributed by atoms with Crippen LogP contribution in [0, 0.1) is 10.1 Å². The van der Waals surface area contributed by atoms with Crippen molar-refractivity contribution in [2.75, 3.05) is 0 Å². The van der Waals surface area contributed by atoms with Gasteiger partial charge < -0.3 is 8.98 Å². The molecule has 0 saturated carbocycles. The van der Waals surface area contributed by atoms with Crippen LogP contribution in [0.15, 0.2) is 89.3 Å². The average molecular weight is 419 g/mol. The second-order valence-electron chi connectivity index (χ2n) is 7.73. The zero-order valence-electron chi connectivity index (χ0n) is 17.1. The monoisotopic (exact) mass is 419 g/mol. The third-order valence-corrected chi connectivity index (χ3v) is 5.92. The zero-order valence-corrected chi connectivity index (χ0v) is 17.1. The Morgan fingerprint density at radius 1 is 0.844 bits per heavy atom. The molecule has 6 rings (SSSR count). The third-order valence-electron chi connectivity index (χ3n) is 5.92. The number of aromatic nitrogens is 2. The molecule has 0 atom stereocenters. The predicted octanol–water partition coefficient (Wildman–Crippen LogP) is 6.71. The Labute approximate surface area is 182 Å². The summed E-state index contributed by atoms with van der Waals surface area (Å²) in [5.74, 6) is 1.02. The molecule has 0 aliphatic rings. The minimum atomic E-state index is -0.416. The molecule has 0 aliphatic carbocycles. The highest BCUT2D eigenvalue weighted by Gasteiger charge is 2.28. The van der Waals surface area contributed by atoms with Crippen molar-refractivity contribution >= 4 is 38.3 Å². The molecule has 2 heterocycles. The number of benzene rings is 4. The fourth-order valence-electron chi connectivity index (χ4n) is 4.47. The van der Waals surface area contributed by atoms with E-state index in [9.17, 15) is 10.1 Å². The highest BCUT2D eigenvalue weighted by molar-refractivity contribution is 6.23. The van der Waals surface area contributed by atoms with Crippen LogP contribution in [-0.2, 0) is 7.05 Å². The van der Waals surface area contributed by atoms with Gasteiger partial charge in [-0.2, -0.15) is 0 Å². The lowest BCUT2D eigenvalue weighted by molar-refractivity contribution is -0.384. The molecule has 0 spiro atoms. The smallest absolute Gasteiger partial charge is 0.319 e. The lowest BCUT2D eigenvalue weighted by atomic mass is 10.00. The van der Waals surface area contributed by atoms with Gasteiger partial charge in [-0.05, 0) is 10.8 Å². The van der Waals surface area contributed by atoms with Gasteiger partial charge in [0.15, 0.2) is 5.82 Å². The van der Waals surface area contributed by atoms with E-state index in [2.05, 4.69) is 18.2 Å². The van der Waals surface area contributed by atoms with E-state index >= 15 is 0 Å². The lowest BCUT2D eigenvalue weighted by Gasteiger charge is -2.07. The van der Waals surface area contributed by atoms with Crippen molar-refractivity contribution in [3.63, 3.8) is 0 Å². The molecule has 6 nitrogen and oxygen atoms in total. The molecule has 0 radical (unpaired) electrons. The summed E-state index contributed by atoms with van der Waals surface area (Å²) in [6, 6.07) is 27.1. The molecule has 32 heavy (non-hydrogen) atoms. The number of nitro groups is 1. The summed E-state index contributed by atoms with van der Waals surface area (Å²) in [4.78, 5) is 16.4. The van der Waals surface area contributed by atoms with Crippen LogP contribution in [0.2, 0.25) is 0 Å². The number of hydrogen-bond donors (Lipinski definition) is 0. The number of imidazole rings is 1. The molecule has 2 aromatic heterocycles. The van der Waals surface area contributed by atoms with Gasteiger partial charge in [-0.3, -0.25) is 10.1 Å². The molecule has 4 aromatic carbocycles. The lowest BCUT2D eigenvalue weighted by Crippen LogP contribution is -1.95. The third kappa shape index (κ3) is 2.56. The van der Waals surface area contributed by atoms with E-state index in [1.165, 1.54) is 6.07 Å². The first-order valence-corrected chi connectivity index (χ1v) is 10.2. The number of furan rings is 1. The van der Waals surface area contributed by atoms with Crippen molar-refractivity contribution in [3.8, 4) is 22.9 Å². The Morgan fingerprint density at radius 3 is 2.12 bits per heavy atom. The second-order valence-corrected chi connectivity index (χ2v) is 7.73. The number of fused-ring (bicyclic) bond motifs is 6. The quantitative estimate of drug-likeness (QED) is 0.181. The Morgan fingerprint density at radius 2 is 1.44 bits per heavy atom. The standard InChI is InChI=1S/C26H17N3O3/c1-28-24-20-14-8-6-12-18(20)17-11-5-7-13-19(17)23(24)27-26(28)25-21(29(30)31)15-22(32-25)16-9-3-2-4-10-16/h2-15H,1H3. The molecule has 0 fully saturated rings. The molecule has 6 aromatic rings. The number of rotatable bonds is 3. The Bertz CT molecular complexity index is 1660. The molecular formula is C26H17N3O3. The van der Waals surface area contributed by atoms with Crippen molar-refractivity contribution in [2.45, 2.75) is 0 Å². The average Bonchev–Trinajstić information content (AvgIpc) is 3.42. The van der Waals surface area contributed by atoms with E-state index in [1.807, 2.05) is 72.3 Å². The molecule has 0 unspecified atom stereocenters. The van der Waals surface area contributed by atoms with Crippen molar-refractivity contribution in [2.24, 2.45) is 7.05 Å². The van der Waals surface area contributed by atoms with Crippen molar-refractivity contribution in [3.05, 3.63) is 95.0 Å². The van der Waals surface area contributed by atoms with E-state index < -0.39 is 4.92 Å². The van der Waals surface area contributed by atoms with Crippen molar-refractivity contribution < 1.29 is 9.34 Å². The van der Waals surface area contributed by atoms with E-state index in [-0.39, 0.29) is 11.4 Å². The normalized spacial score (nSPS) is 11.5. The van der Waals surface area contributed by atoms with Crippen LogP contribution in [0.25, 0.3) is 55.5 Å². The van der Waals surface area contributed by atoms with E-state index in [0.717, 1.165) is 38.1 Å². The van der Waals surface area contributed by atoms with Gasteiger partial charge >= 0.3 is 5.69 Å². The van der Waals surface area contributed by atoms with Gasteiger partial charge in [-0.1, -0.05) is 78.9 Å². The minimum Gasteiger partial charge on any atom is -0.445 e. The SMILES string of the molecule is Cn1c(-c2oc(-c3ccccc3)cc2[N+](=O)[O-])nc2c3ccccc3c3ccccc3c21. The maximum absolute atomic E-state index is 11.9. The molecule has 0 N–H and O–H groups in total. The first kappa shape index (κ1) is 18.3. The molecule has 154 valence electrons. The fourth-order valence-corrected chi connectivity index (χ4v) is 4.47. The summed E-state index contributed by atoms with van der Waals surface area (Å²) in [6.07, 6.45) is 0. The second kappa shape index (κ2) is 6.78. The summed E-state index contributed by atoms with van der Waals surface area (Å²) < 4.78 is 7.95. The van der Waals surface area contributed by atoms with Crippen molar-refractivity contribution in [1.29, 1.82) is 0 Å². The van der Waals surface area contributed by atoms with Gasteiger partial charge in [0.2, 0.25) is 5.76 Å². The topological polar surface area (TPSA) is 74.1 Å². The predicted molar refractivity (Wildman–Crippen MR) is 126 cm³/mol. The van der Waals surface area contributed by atoms with Crippen LogP contribution in [0.5, 0.6) is 0 Å². The summed E-state index contributed by atoms with van der Waals surface area (Å²) in [7, 11) is 1.88. The van der Waals surface area contributed by atoms with Gasteiger partial charge in [0.25, 0.3) is 0 Å². The first-order chi connectivity index (χ1) is 15.6. The minimum absolute atomic E-state index is 0.101. The van der Waals surface area contributed by atoms with Gasteiger partial charge in [-0.15, -0.1) is 0 Å². The first-order valence-electron chi connectivity index (χ1n) is 10.2. The van der Waals surface area contributed by atoms with Crippen molar-refractivity contribution in [1.82, 2.24) is 9.55 Å². The maximum atomic E-state index is 11.9. The summed E-state index contributed by atoms with van der Waals surface area (Å²) in [5, 5.41) is 16.2. The fraction of sp³-hybridized carbons (Fsp3) is 0.0385. The molecule has 0 amide bonds. The highest BCUT2D eigenvalue weighted by Crippen LogP contribution is 2.41. The number of hydrogen-bond acceptors (Lipinski definition) is 4. The van der Waals surface area contributed by atoms with Crippen LogP contribution < -0.4 is 0 Å². The maximum Gasteiger partial charge on any atom is 0.319 e. The van der Waals surface area contributed by atoms with E-state index in [4.69, 9.17) is 9.40 Å². The van der Waals surface area contributed by atoms with Crippen LogP contribution in [0.3, 0.4) is 0 Å². The van der Waals surface area contributed by atoms with Gasteiger partial charge in [0, 0.05) is 23.4 Å². The molecule has 0 bridgehead atoms. The van der Waals surface area contributed by atoms with Crippen LogP contribution in [0.1, 0.15) is 0 Å². The zero-order chi connectivity index (χ0) is 21.8. The van der Waals surface area contributed by atoms with Crippen LogP contribution in [-0.4, -0.2) is 14.5 Å². The number of nitrogens with zero attached hydrogens (tertiary/aromatic N) is 3. The Hall–Kier alpha value is -4.45. The van der Waals surface area contributed by atoms with Gasteiger partial charge in [-0.25, -0.2) is 4.98 Å². The summed E-state index contributed by atoms with van der Waals surface area (Å²) >= 11 is 0. The molecule has 0 aliphatic heterocycles. The van der Waals surface area contributed by atoms with Gasteiger partial charge in [0.1, 0.15) is 5.76 Å². The highest BCUT2D eigenvalue weighted by atomic mass is 16.6. The van der Waals surface area contributed by atoms with Crippen LogP contribution in [0.4, 0.5) is 5.69 Å². The number of aryl methyl sites for hydroxylation is 1.